The topological polar surface area (TPSA) is 72.0 Å². The summed E-state index contributed by atoms with van der Waals surface area (Å²) in [6.07, 6.45) is 10.4. The normalized spacial score (nSPS) is 22.6. The molecular weight excluding hydrogens is 228 g/mol. The summed E-state index contributed by atoms with van der Waals surface area (Å²) in [6.45, 7) is 2.57. The van der Waals surface area contributed by atoms with Crippen molar-refractivity contribution in [1.29, 1.82) is 0 Å². The number of rotatable bonds is 5. The number of nitrogens with one attached hydrogen (secondary N) is 1. The average molecular weight is 248 g/mol. The van der Waals surface area contributed by atoms with Crippen molar-refractivity contribution >= 4 is 12.2 Å². The van der Waals surface area contributed by atoms with Crippen LogP contribution >= 0.6 is 0 Å². The van der Waals surface area contributed by atoms with Crippen molar-refractivity contribution < 1.29 is 4.74 Å². The number of allylic oxidation sites excluding steroid dienone is 3. The Labute approximate surface area is 108 Å². The third-order valence-electron chi connectivity index (χ3n) is 2.79. The smallest absolute Gasteiger partial charge is 0.217 e. The summed E-state index contributed by atoms with van der Waals surface area (Å²) in [5, 5.41) is 3.05. The van der Waals surface area contributed by atoms with Crippen LogP contribution in [0.3, 0.4) is 0 Å². The molecule has 0 saturated heterocycles. The van der Waals surface area contributed by atoms with Crippen LogP contribution in [0.1, 0.15) is 12.8 Å². The molecule has 0 amide bonds. The first-order valence-corrected chi connectivity index (χ1v) is 6.37. The van der Waals surface area contributed by atoms with E-state index in [1.807, 2.05) is 6.21 Å². The summed E-state index contributed by atoms with van der Waals surface area (Å²) in [4.78, 5) is 8.52. The Hall–Kier alpha value is -1.46. The molecule has 0 bridgehead atoms. The minimum absolute atomic E-state index is 0.0137. The van der Waals surface area contributed by atoms with Gasteiger partial charge in [-0.3, -0.25) is 0 Å². The van der Waals surface area contributed by atoms with E-state index in [1.54, 1.807) is 0 Å². The number of hydrogen-bond acceptors (Lipinski definition) is 5. The molecule has 1 aliphatic carbocycles. The molecule has 0 spiro atoms. The van der Waals surface area contributed by atoms with E-state index >= 15 is 0 Å². The Balaban J connectivity index is 1.70. The molecule has 2 aliphatic rings. The van der Waals surface area contributed by atoms with Crippen LogP contribution in [0.15, 0.2) is 33.8 Å². The standard InChI is InChI=1S/C13H20N4O/c14-6-7-15-13-16-8-12(9-17-13)18-10-11-4-2-1-3-5-11/h1-2,4,8,12H,3,5-7,9-10,14H2,(H,15,17). The minimum Gasteiger partial charge on any atom is -0.366 e. The highest BCUT2D eigenvalue weighted by Gasteiger charge is 2.12. The van der Waals surface area contributed by atoms with E-state index in [0.29, 0.717) is 32.2 Å². The van der Waals surface area contributed by atoms with Crippen molar-refractivity contribution in [2.24, 2.45) is 15.7 Å². The van der Waals surface area contributed by atoms with Crippen LogP contribution in [-0.2, 0) is 4.74 Å². The molecule has 1 heterocycles. The molecule has 0 radical (unpaired) electrons. The van der Waals surface area contributed by atoms with Gasteiger partial charge in [-0.25, -0.2) is 9.98 Å². The zero-order chi connectivity index (χ0) is 12.6. The molecular formula is C13H20N4O. The number of guanidine groups is 1. The maximum Gasteiger partial charge on any atom is 0.217 e. The molecule has 1 aliphatic heterocycles. The average Bonchev–Trinajstić information content (AvgIpc) is 2.45. The van der Waals surface area contributed by atoms with Crippen molar-refractivity contribution in [3.05, 3.63) is 23.8 Å². The molecule has 1 atom stereocenters. The zero-order valence-electron chi connectivity index (χ0n) is 10.5. The van der Waals surface area contributed by atoms with Crippen LogP contribution in [0.25, 0.3) is 0 Å². The fourth-order valence-corrected chi connectivity index (χ4v) is 1.79. The first-order chi connectivity index (χ1) is 8.88. The van der Waals surface area contributed by atoms with Crippen LogP contribution in [0.2, 0.25) is 0 Å². The molecule has 98 valence electrons. The summed E-state index contributed by atoms with van der Waals surface area (Å²) < 4.78 is 5.76. The number of ether oxygens (including phenoxy) is 1. The van der Waals surface area contributed by atoms with Gasteiger partial charge in [0.05, 0.1) is 13.2 Å². The van der Waals surface area contributed by atoms with Crippen LogP contribution in [-0.4, -0.2) is 44.5 Å². The summed E-state index contributed by atoms with van der Waals surface area (Å²) in [5.41, 5.74) is 6.73. The number of nitrogens with two attached hydrogens (primary N) is 1. The van der Waals surface area contributed by atoms with E-state index < -0.39 is 0 Å². The van der Waals surface area contributed by atoms with E-state index in [1.165, 1.54) is 5.57 Å². The molecule has 2 rings (SSSR count). The monoisotopic (exact) mass is 248 g/mol. The molecule has 5 heteroatoms. The molecule has 0 aromatic rings. The maximum atomic E-state index is 5.76. The second-order valence-electron chi connectivity index (χ2n) is 4.30. The van der Waals surface area contributed by atoms with Gasteiger partial charge in [0, 0.05) is 19.3 Å². The molecule has 18 heavy (non-hydrogen) atoms. The van der Waals surface area contributed by atoms with Gasteiger partial charge in [-0.15, -0.1) is 0 Å². The van der Waals surface area contributed by atoms with Gasteiger partial charge in [-0.05, 0) is 18.4 Å². The van der Waals surface area contributed by atoms with Crippen molar-refractivity contribution in [2.45, 2.75) is 18.9 Å². The Morgan fingerprint density at radius 2 is 2.44 bits per heavy atom. The maximum absolute atomic E-state index is 5.76. The predicted octanol–water partition coefficient (Wildman–Crippen LogP) is 0.637. The van der Waals surface area contributed by atoms with E-state index in [0.717, 1.165) is 12.8 Å². The highest BCUT2D eigenvalue weighted by Crippen LogP contribution is 2.12. The van der Waals surface area contributed by atoms with Gasteiger partial charge in [-0.1, -0.05) is 18.2 Å². The van der Waals surface area contributed by atoms with Crippen molar-refractivity contribution in [3.63, 3.8) is 0 Å². The number of aliphatic imine (C=N–C) groups is 2. The number of hydrogen-bond donors (Lipinski definition) is 2. The van der Waals surface area contributed by atoms with E-state index in [2.05, 4.69) is 33.5 Å². The second kappa shape index (κ2) is 7.08. The third kappa shape index (κ3) is 4.09. The molecule has 1 unspecified atom stereocenters. The van der Waals surface area contributed by atoms with Gasteiger partial charge in [0.15, 0.2) is 0 Å². The molecule has 0 aromatic carbocycles. The predicted molar refractivity (Wildman–Crippen MR) is 74.0 cm³/mol. The molecule has 0 saturated carbocycles. The van der Waals surface area contributed by atoms with E-state index in [4.69, 9.17) is 10.5 Å². The van der Waals surface area contributed by atoms with E-state index in [9.17, 15) is 0 Å². The highest BCUT2D eigenvalue weighted by molar-refractivity contribution is 5.90. The third-order valence-corrected chi connectivity index (χ3v) is 2.79. The van der Waals surface area contributed by atoms with Gasteiger partial charge >= 0.3 is 0 Å². The van der Waals surface area contributed by atoms with Gasteiger partial charge in [-0.2, -0.15) is 0 Å². The Bertz CT molecular complexity index is 384. The van der Waals surface area contributed by atoms with Crippen molar-refractivity contribution in [3.8, 4) is 0 Å². The zero-order valence-corrected chi connectivity index (χ0v) is 10.5. The van der Waals surface area contributed by atoms with E-state index in [-0.39, 0.29) is 6.10 Å². The minimum atomic E-state index is -0.0137. The van der Waals surface area contributed by atoms with Crippen LogP contribution in [0.5, 0.6) is 0 Å². The first kappa shape index (κ1) is 13.0. The SMILES string of the molecule is NCCNC1=NCC(OCC2=CC=CCC2)C=N1. The molecule has 5 nitrogen and oxygen atoms in total. The highest BCUT2D eigenvalue weighted by atomic mass is 16.5. The van der Waals surface area contributed by atoms with Crippen LogP contribution in [0, 0.1) is 0 Å². The lowest BCUT2D eigenvalue weighted by Crippen LogP contribution is -2.33. The Morgan fingerprint density at radius 1 is 1.50 bits per heavy atom. The van der Waals surface area contributed by atoms with Crippen LogP contribution < -0.4 is 11.1 Å². The van der Waals surface area contributed by atoms with Crippen molar-refractivity contribution in [2.75, 3.05) is 26.2 Å². The van der Waals surface area contributed by atoms with Gasteiger partial charge < -0.3 is 15.8 Å². The second-order valence-corrected chi connectivity index (χ2v) is 4.30. The summed E-state index contributed by atoms with van der Waals surface area (Å²) >= 11 is 0. The number of nitrogens with zero attached hydrogens (tertiary/aromatic N) is 2. The fraction of sp³-hybridized carbons (Fsp3) is 0.538. The van der Waals surface area contributed by atoms with Gasteiger partial charge in [0.25, 0.3) is 0 Å². The fourth-order valence-electron chi connectivity index (χ4n) is 1.79. The first-order valence-electron chi connectivity index (χ1n) is 6.37. The molecule has 3 N–H and O–H groups in total. The lowest BCUT2D eigenvalue weighted by Gasteiger charge is -2.17. The van der Waals surface area contributed by atoms with Crippen LogP contribution in [0.4, 0.5) is 0 Å². The molecule has 0 fully saturated rings. The quantitative estimate of drug-likeness (QED) is 0.750. The summed E-state index contributed by atoms with van der Waals surface area (Å²) in [7, 11) is 0. The Morgan fingerprint density at radius 3 is 3.11 bits per heavy atom. The van der Waals surface area contributed by atoms with Gasteiger partial charge in [0.2, 0.25) is 5.96 Å². The Kier molecular flexibility index (Phi) is 5.11. The molecule has 0 aromatic heterocycles. The lowest BCUT2D eigenvalue weighted by molar-refractivity contribution is 0.124. The summed E-state index contributed by atoms with van der Waals surface area (Å²) in [5.74, 6) is 0.653. The largest absolute Gasteiger partial charge is 0.366 e. The lowest BCUT2D eigenvalue weighted by atomic mass is 10.1. The summed E-state index contributed by atoms with van der Waals surface area (Å²) in [6, 6.07) is 0. The van der Waals surface area contributed by atoms with Crippen molar-refractivity contribution in [1.82, 2.24) is 5.32 Å². The van der Waals surface area contributed by atoms with Gasteiger partial charge in [0.1, 0.15) is 6.10 Å².